The third kappa shape index (κ3) is 3.87. The maximum absolute atomic E-state index is 12.2. The van der Waals surface area contributed by atoms with Gasteiger partial charge in [0.15, 0.2) is 5.72 Å². The zero-order valence-electron chi connectivity index (χ0n) is 14.8. The maximum atomic E-state index is 12.2. The Morgan fingerprint density at radius 2 is 1.70 bits per heavy atom. The largest absolute Gasteiger partial charge is 0.507 e. The summed E-state index contributed by atoms with van der Waals surface area (Å²) in [6.07, 6.45) is 2.78. The SMILES string of the molecule is C#CC[C@](C)(NC(=O)OCC1c2ccccc2-c2ccccc21)OC(=O)O. The first-order valence-electron chi connectivity index (χ1n) is 8.42. The third-order valence-electron chi connectivity index (χ3n) is 4.46. The number of fused-ring (bicyclic) bond motifs is 3. The van der Waals surface area contributed by atoms with Crippen molar-refractivity contribution in [1.82, 2.24) is 5.32 Å². The molecule has 0 aliphatic heterocycles. The number of carbonyl (C=O) groups is 2. The number of terminal acetylenes is 1. The van der Waals surface area contributed by atoms with E-state index in [4.69, 9.17) is 21.0 Å². The second kappa shape index (κ2) is 7.42. The summed E-state index contributed by atoms with van der Waals surface area (Å²) in [7, 11) is 0. The molecule has 3 rings (SSSR count). The highest BCUT2D eigenvalue weighted by atomic mass is 16.7. The van der Waals surface area contributed by atoms with Crippen molar-refractivity contribution in [2.24, 2.45) is 0 Å². The van der Waals surface area contributed by atoms with Gasteiger partial charge in [-0.25, -0.2) is 9.59 Å². The fourth-order valence-electron chi connectivity index (χ4n) is 3.34. The van der Waals surface area contributed by atoms with Gasteiger partial charge in [-0.3, -0.25) is 5.32 Å². The Kier molecular flexibility index (Phi) is 5.04. The Balaban J connectivity index is 1.72. The van der Waals surface area contributed by atoms with Crippen LogP contribution in [0.15, 0.2) is 48.5 Å². The molecule has 2 aromatic carbocycles. The van der Waals surface area contributed by atoms with Crippen LogP contribution >= 0.6 is 0 Å². The highest BCUT2D eigenvalue weighted by Gasteiger charge is 2.33. The summed E-state index contributed by atoms with van der Waals surface area (Å²) in [6, 6.07) is 15.9. The van der Waals surface area contributed by atoms with Gasteiger partial charge in [0.1, 0.15) is 6.61 Å². The number of benzene rings is 2. The Bertz CT molecular complexity index is 871. The number of hydrogen-bond donors (Lipinski definition) is 2. The predicted octanol–water partition coefficient (Wildman–Crippen LogP) is 3.96. The highest BCUT2D eigenvalue weighted by Crippen LogP contribution is 2.44. The molecule has 1 atom stereocenters. The van der Waals surface area contributed by atoms with Crippen LogP contribution in [0.3, 0.4) is 0 Å². The Morgan fingerprint density at radius 1 is 1.15 bits per heavy atom. The number of alkyl carbamates (subject to hydrolysis) is 1. The van der Waals surface area contributed by atoms with Gasteiger partial charge in [0.2, 0.25) is 0 Å². The number of ether oxygens (including phenoxy) is 2. The van der Waals surface area contributed by atoms with E-state index < -0.39 is 18.0 Å². The number of carbonyl (C=O) groups excluding carboxylic acids is 1. The zero-order chi connectivity index (χ0) is 19.4. The highest BCUT2D eigenvalue weighted by molar-refractivity contribution is 5.79. The molecule has 1 aliphatic rings. The molecule has 0 aromatic heterocycles. The number of rotatable bonds is 5. The Morgan fingerprint density at radius 3 is 2.22 bits per heavy atom. The van der Waals surface area contributed by atoms with E-state index in [2.05, 4.69) is 11.2 Å². The summed E-state index contributed by atoms with van der Waals surface area (Å²) >= 11 is 0. The molecule has 0 heterocycles. The van der Waals surface area contributed by atoms with Gasteiger partial charge in [0, 0.05) is 5.92 Å². The molecule has 0 bridgehead atoms. The first-order chi connectivity index (χ1) is 12.9. The van der Waals surface area contributed by atoms with Crippen molar-refractivity contribution in [3.05, 3.63) is 59.7 Å². The van der Waals surface area contributed by atoms with Gasteiger partial charge in [-0.15, -0.1) is 12.3 Å². The van der Waals surface area contributed by atoms with E-state index in [0.717, 1.165) is 22.3 Å². The molecule has 138 valence electrons. The summed E-state index contributed by atoms with van der Waals surface area (Å²) in [5, 5.41) is 11.2. The average Bonchev–Trinajstić information content (AvgIpc) is 2.93. The van der Waals surface area contributed by atoms with E-state index in [1.807, 2.05) is 48.5 Å². The summed E-state index contributed by atoms with van der Waals surface area (Å²) in [5.74, 6) is 2.19. The quantitative estimate of drug-likeness (QED) is 0.476. The van der Waals surface area contributed by atoms with E-state index >= 15 is 0 Å². The predicted molar refractivity (Wildman–Crippen MR) is 99.2 cm³/mol. The molecular formula is C21H19NO5. The lowest BCUT2D eigenvalue weighted by Gasteiger charge is -2.27. The summed E-state index contributed by atoms with van der Waals surface area (Å²) in [6.45, 7) is 1.49. The fraction of sp³-hybridized carbons (Fsp3) is 0.238. The van der Waals surface area contributed by atoms with Gasteiger partial charge in [-0.1, -0.05) is 48.5 Å². The second-order valence-electron chi connectivity index (χ2n) is 6.43. The first-order valence-corrected chi connectivity index (χ1v) is 8.42. The van der Waals surface area contributed by atoms with Crippen LogP contribution in [0, 0.1) is 12.3 Å². The summed E-state index contributed by atoms with van der Waals surface area (Å²) in [4.78, 5) is 23.1. The van der Waals surface area contributed by atoms with Crippen molar-refractivity contribution in [3.63, 3.8) is 0 Å². The van der Waals surface area contributed by atoms with Crippen molar-refractivity contribution >= 4 is 12.2 Å². The monoisotopic (exact) mass is 365 g/mol. The molecule has 6 heteroatoms. The molecule has 0 unspecified atom stereocenters. The number of nitrogens with one attached hydrogen (secondary N) is 1. The van der Waals surface area contributed by atoms with Crippen LogP contribution in [0.2, 0.25) is 0 Å². The minimum atomic E-state index is -1.55. The van der Waals surface area contributed by atoms with Crippen molar-refractivity contribution in [2.45, 2.75) is 25.0 Å². The molecule has 0 radical (unpaired) electrons. The van der Waals surface area contributed by atoms with Crippen LogP contribution in [-0.2, 0) is 9.47 Å². The second-order valence-corrected chi connectivity index (χ2v) is 6.43. The van der Waals surface area contributed by atoms with E-state index in [9.17, 15) is 9.59 Å². The van der Waals surface area contributed by atoms with Gasteiger partial charge in [0.25, 0.3) is 0 Å². The minimum absolute atomic E-state index is 0.0950. The standard InChI is InChI=1S/C21H19NO5/c1-3-12-21(2,27-20(24)25)22-19(23)26-13-18-16-10-6-4-8-14(16)15-9-5-7-11-17(15)18/h1,4-11,18H,12-13H2,2H3,(H,22,23)(H,24,25)/t21-/m1/s1. The maximum Gasteiger partial charge on any atom is 0.507 e. The molecule has 0 saturated heterocycles. The van der Waals surface area contributed by atoms with Crippen molar-refractivity contribution < 1.29 is 24.2 Å². The van der Waals surface area contributed by atoms with Crippen LogP contribution in [0.5, 0.6) is 0 Å². The molecule has 0 saturated carbocycles. The van der Waals surface area contributed by atoms with Crippen LogP contribution in [-0.4, -0.2) is 29.7 Å². The van der Waals surface area contributed by atoms with Crippen LogP contribution in [0.4, 0.5) is 9.59 Å². The lowest BCUT2D eigenvalue weighted by molar-refractivity contribution is -0.0248. The zero-order valence-corrected chi connectivity index (χ0v) is 14.8. The van der Waals surface area contributed by atoms with E-state index in [-0.39, 0.29) is 18.9 Å². The van der Waals surface area contributed by atoms with Gasteiger partial charge < -0.3 is 14.6 Å². The fourth-order valence-corrected chi connectivity index (χ4v) is 3.34. The molecule has 2 N–H and O–H groups in total. The molecule has 27 heavy (non-hydrogen) atoms. The Hall–Kier alpha value is -3.46. The topological polar surface area (TPSA) is 84.9 Å². The van der Waals surface area contributed by atoms with Crippen LogP contribution in [0.1, 0.15) is 30.4 Å². The van der Waals surface area contributed by atoms with Crippen molar-refractivity contribution in [2.75, 3.05) is 6.61 Å². The van der Waals surface area contributed by atoms with Crippen LogP contribution in [0.25, 0.3) is 11.1 Å². The molecule has 0 fully saturated rings. The summed E-state index contributed by atoms with van der Waals surface area (Å²) < 4.78 is 10.1. The molecule has 1 amide bonds. The normalized spacial score (nSPS) is 14.2. The number of hydrogen-bond acceptors (Lipinski definition) is 4. The minimum Gasteiger partial charge on any atom is -0.450 e. The molecule has 0 spiro atoms. The first kappa shape index (κ1) is 18.3. The molecular weight excluding hydrogens is 346 g/mol. The lowest BCUT2D eigenvalue weighted by atomic mass is 9.98. The van der Waals surface area contributed by atoms with Gasteiger partial charge in [-0.05, 0) is 29.2 Å². The van der Waals surface area contributed by atoms with Crippen molar-refractivity contribution in [1.29, 1.82) is 0 Å². The summed E-state index contributed by atoms with van der Waals surface area (Å²) in [5.41, 5.74) is 2.85. The van der Waals surface area contributed by atoms with Crippen LogP contribution < -0.4 is 5.32 Å². The van der Waals surface area contributed by atoms with Gasteiger partial charge >= 0.3 is 12.2 Å². The number of carboxylic acid groups (broad SMARTS) is 1. The Labute approximate surface area is 157 Å². The van der Waals surface area contributed by atoms with Gasteiger partial charge in [0.05, 0.1) is 6.42 Å². The number of amides is 1. The third-order valence-corrected chi connectivity index (χ3v) is 4.46. The molecule has 1 aliphatic carbocycles. The lowest BCUT2D eigenvalue weighted by Crippen LogP contribution is -2.49. The van der Waals surface area contributed by atoms with Gasteiger partial charge in [-0.2, -0.15) is 0 Å². The van der Waals surface area contributed by atoms with E-state index in [0.29, 0.717) is 0 Å². The van der Waals surface area contributed by atoms with Crippen molar-refractivity contribution in [3.8, 4) is 23.5 Å². The van der Waals surface area contributed by atoms with E-state index in [1.165, 1.54) is 6.92 Å². The average molecular weight is 365 g/mol. The molecule has 6 nitrogen and oxygen atoms in total. The molecule has 2 aromatic rings. The van der Waals surface area contributed by atoms with E-state index in [1.54, 1.807) is 0 Å². The smallest absolute Gasteiger partial charge is 0.450 e.